The van der Waals surface area contributed by atoms with Crippen molar-refractivity contribution >= 4 is 36.1 Å². The lowest BCUT2D eigenvalue weighted by Crippen LogP contribution is -2.33. The number of amides is 1. The highest BCUT2D eigenvalue weighted by Gasteiger charge is 2.45. The van der Waals surface area contributed by atoms with Crippen molar-refractivity contribution in [3.8, 4) is 5.75 Å². The Labute approximate surface area is 226 Å². The number of carbonyl (C=O) groups is 2. The number of anilines is 1. The Hall–Kier alpha value is -2.88. The lowest BCUT2D eigenvalue weighted by molar-refractivity contribution is -0.106. The molecule has 2 aliphatic heterocycles. The number of fused-ring (bicyclic) bond motifs is 3. The van der Waals surface area contributed by atoms with Crippen LogP contribution in [0.25, 0.3) is 6.08 Å². The summed E-state index contributed by atoms with van der Waals surface area (Å²) >= 11 is 1.10. The summed E-state index contributed by atoms with van der Waals surface area (Å²) in [6, 6.07) is 8.07. The van der Waals surface area contributed by atoms with Crippen molar-refractivity contribution in [3.63, 3.8) is 0 Å². The molecular formula is C29H33FN2O5S. The number of likely N-dealkylation sites (tertiary alicyclic amines) is 1. The van der Waals surface area contributed by atoms with Gasteiger partial charge >= 0.3 is 5.97 Å². The van der Waals surface area contributed by atoms with Crippen LogP contribution in [-0.2, 0) is 9.53 Å². The zero-order valence-corrected chi connectivity index (χ0v) is 22.7. The summed E-state index contributed by atoms with van der Waals surface area (Å²) in [6.45, 7) is 6.59. The number of methoxy groups -OCH3 is 1. The van der Waals surface area contributed by atoms with Crippen molar-refractivity contribution in [1.29, 1.82) is 0 Å². The van der Waals surface area contributed by atoms with E-state index in [1.165, 1.54) is 23.5 Å². The zero-order valence-electron chi connectivity index (χ0n) is 21.9. The zero-order chi connectivity index (χ0) is 27.0. The van der Waals surface area contributed by atoms with Gasteiger partial charge in [0.1, 0.15) is 17.1 Å². The Bertz CT molecular complexity index is 1260. The van der Waals surface area contributed by atoms with Gasteiger partial charge in [-0.15, -0.1) is 0 Å². The second-order valence-electron chi connectivity index (χ2n) is 10.8. The van der Waals surface area contributed by atoms with Crippen LogP contribution >= 0.6 is 11.9 Å². The Morgan fingerprint density at radius 3 is 2.87 bits per heavy atom. The number of hydrogen-bond acceptors (Lipinski definition) is 7. The van der Waals surface area contributed by atoms with Crippen molar-refractivity contribution in [2.75, 3.05) is 37.7 Å². The van der Waals surface area contributed by atoms with Crippen LogP contribution in [-0.4, -0.2) is 61.3 Å². The lowest BCUT2D eigenvalue weighted by Gasteiger charge is -2.25. The fourth-order valence-corrected chi connectivity index (χ4v) is 6.26. The van der Waals surface area contributed by atoms with Gasteiger partial charge in [-0.3, -0.25) is 14.0 Å². The standard InChI is InChI=1S/C29H33FN2O5S/c1-29(2,35)20-10-12-31(15-20)11-4-5-18-13-21(30)6-9-25(18)38-32(17-33)24-8-7-22-23-14-19(23)16-37-27(22)26(24)28(34)36-3/h4-9,13,17,19-20,23,35H,10-12,14-16H2,1-3H3/b5-4-/t19-,20?,23?/m0/s1. The van der Waals surface area contributed by atoms with Gasteiger partial charge in [-0.05, 0) is 86.5 Å². The average molecular weight is 541 g/mol. The van der Waals surface area contributed by atoms with Gasteiger partial charge in [0.05, 0.1) is 25.0 Å². The number of esters is 1. The van der Waals surface area contributed by atoms with Crippen molar-refractivity contribution in [1.82, 2.24) is 4.90 Å². The first-order chi connectivity index (χ1) is 18.2. The summed E-state index contributed by atoms with van der Waals surface area (Å²) in [5.41, 5.74) is 1.47. The number of nitrogens with zero attached hydrogens (tertiary/aromatic N) is 2. The second-order valence-corrected chi connectivity index (χ2v) is 11.8. The fraction of sp³-hybridized carbons (Fsp3) is 0.448. The molecular weight excluding hydrogens is 507 g/mol. The molecule has 1 N–H and O–H groups in total. The first-order valence-electron chi connectivity index (χ1n) is 12.9. The van der Waals surface area contributed by atoms with Crippen molar-refractivity contribution in [2.45, 2.75) is 43.1 Å². The molecule has 2 aromatic carbocycles. The van der Waals surface area contributed by atoms with Gasteiger partial charge in [-0.2, -0.15) is 0 Å². The third-order valence-electron chi connectivity index (χ3n) is 7.75. The summed E-state index contributed by atoms with van der Waals surface area (Å²) in [5, 5.41) is 10.3. The monoisotopic (exact) mass is 540 g/mol. The molecule has 38 heavy (non-hydrogen) atoms. The highest BCUT2D eigenvalue weighted by molar-refractivity contribution is 8.01. The van der Waals surface area contributed by atoms with E-state index in [1.54, 1.807) is 12.1 Å². The summed E-state index contributed by atoms with van der Waals surface area (Å²) in [5.74, 6) is 0.591. The molecule has 2 aromatic rings. The van der Waals surface area contributed by atoms with Gasteiger partial charge < -0.3 is 14.6 Å². The van der Waals surface area contributed by atoms with E-state index in [4.69, 9.17) is 9.47 Å². The molecule has 7 nitrogen and oxygen atoms in total. The number of benzene rings is 2. The number of aliphatic hydroxyl groups is 1. The molecule has 2 heterocycles. The van der Waals surface area contributed by atoms with Gasteiger partial charge in [0.2, 0.25) is 6.41 Å². The van der Waals surface area contributed by atoms with Crippen molar-refractivity contribution in [2.24, 2.45) is 11.8 Å². The fourth-order valence-electron chi connectivity index (χ4n) is 5.39. The minimum atomic E-state index is -0.714. The quantitative estimate of drug-likeness (QED) is 0.276. The first kappa shape index (κ1) is 26.7. The summed E-state index contributed by atoms with van der Waals surface area (Å²) < 4.78 is 26.6. The maximum absolute atomic E-state index is 14.2. The van der Waals surface area contributed by atoms with Gasteiger partial charge in [0, 0.05) is 29.8 Å². The van der Waals surface area contributed by atoms with Crippen LogP contribution in [0.15, 0.2) is 41.3 Å². The molecule has 2 unspecified atom stereocenters. The van der Waals surface area contributed by atoms with E-state index in [2.05, 4.69) is 4.90 Å². The summed E-state index contributed by atoms with van der Waals surface area (Å²) in [4.78, 5) is 28.0. The second kappa shape index (κ2) is 10.7. The molecule has 1 saturated carbocycles. The smallest absolute Gasteiger partial charge is 0.343 e. The molecule has 0 aromatic heterocycles. The van der Waals surface area contributed by atoms with Crippen LogP contribution in [0.2, 0.25) is 0 Å². The minimum absolute atomic E-state index is 0.215. The molecule has 202 valence electrons. The van der Waals surface area contributed by atoms with E-state index in [0.29, 0.717) is 53.3 Å². The number of hydrogen-bond donors (Lipinski definition) is 1. The molecule has 0 spiro atoms. The molecule has 3 atom stereocenters. The van der Waals surface area contributed by atoms with Crippen LogP contribution in [0.5, 0.6) is 5.75 Å². The van der Waals surface area contributed by atoms with Crippen LogP contribution in [0, 0.1) is 17.7 Å². The third-order valence-corrected chi connectivity index (χ3v) is 8.80. The Morgan fingerprint density at radius 1 is 1.34 bits per heavy atom. The molecule has 3 aliphatic rings. The Balaban J connectivity index is 1.38. The van der Waals surface area contributed by atoms with E-state index in [1.807, 2.05) is 32.1 Å². The predicted octanol–water partition coefficient (Wildman–Crippen LogP) is 4.88. The molecule has 2 fully saturated rings. The maximum atomic E-state index is 14.2. The first-order valence-corrected chi connectivity index (χ1v) is 13.7. The molecule has 0 bridgehead atoms. The molecule has 0 radical (unpaired) electrons. The minimum Gasteiger partial charge on any atom is -0.492 e. The number of rotatable bonds is 9. The number of halogens is 1. The van der Waals surface area contributed by atoms with E-state index in [-0.39, 0.29) is 17.3 Å². The van der Waals surface area contributed by atoms with Crippen molar-refractivity contribution < 1.29 is 28.6 Å². The molecule has 1 saturated heterocycles. The molecule has 9 heteroatoms. The van der Waals surface area contributed by atoms with Crippen LogP contribution in [0.4, 0.5) is 10.1 Å². The van der Waals surface area contributed by atoms with E-state index in [9.17, 15) is 19.1 Å². The van der Waals surface area contributed by atoms with Gasteiger partial charge in [-0.25, -0.2) is 9.18 Å². The SMILES string of the molecule is COC(=O)c1c(N(C=O)Sc2ccc(F)cc2/C=C\CN2CCC(C(C)(C)O)C2)ccc2c1OC[C@@H]1CC21. The topological polar surface area (TPSA) is 79.3 Å². The normalized spacial score (nSPS) is 22.5. The lowest BCUT2D eigenvalue weighted by atomic mass is 9.90. The summed E-state index contributed by atoms with van der Waals surface area (Å²) in [6.07, 6.45) is 6.41. The van der Waals surface area contributed by atoms with E-state index < -0.39 is 11.6 Å². The summed E-state index contributed by atoms with van der Waals surface area (Å²) in [7, 11) is 1.31. The molecule has 1 aliphatic carbocycles. The van der Waals surface area contributed by atoms with Crippen LogP contribution < -0.4 is 9.04 Å². The van der Waals surface area contributed by atoms with Gasteiger partial charge in [0.25, 0.3) is 0 Å². The number of ether oxygens (including phenoxy) is 2. The van der Waals surface area contributed by atoms with Gasteiger partial charge in [-0.1, -0.05) is 18.2 Å². The Morgan fingerprint density at radius 2 is 2.16 bits per heavy atom. The maximum Gasteiger partial charge on any atom is 0.343 e. The largest absolute Gasteiger partial charge is 0.492 e. The Kier molecular flexibility index (Phi) is 7.53. The van der Waals surface area contributed by atoms with E-state index in [0.717, 1.165) is 43.4 Å². The highest BCUT2D eigenvalue weighted by Crippen LogP contribution is 2.56. The van der Waals surface area contributed by atoms with Crippen LogP contribution in [0.1, 0.15) is 54.1 Å². The molecule has 5 rings (SSSR count). The van der Waals surface area contributed by atoms with E-state index >= 15 is 0 Å². The van der Waals surface area contributed by atoms with Crippen molar-refractivity contribution in [3.05, 3.63) is 58.9 Å². The average Bonchev–Trinajstić information content (AvgIpc) is 3.54. The highest BCUT2D eigenvalue weighted by atomic mass is 32.2. The number of carbonyl (C=O) groups excluding carboxylic acids is 2. The molecule has 1 amide bonds. The predicted molar refractivity (Wildman–Crippen MR) is 145 cm³/mol. The third kappa shape index (κ3) is 5.46. The van der Waals surface area contributed by atoms with Crippen LogP contribution in [0.3, 0.4) is 0 Å². The van der Waals surface area contributed by atoms with Gasteiger partial charge in [0.15, 0.2) is 0 Å².